The minimum atomic E-state index is -0.0863. The van der Waals surface area contributed by atoms with Gasteiger partial charge in [-0.2, -0.15) is 0 Å². The summed E-state index contributed by atoms with van der Waals surface area (Å²) in [4.78, 5) is 12.1. The van der Waals surface area contributed by atoms with E-state index in [9.17, 15) is 4.79 Å². The Kier molecular flexibility index (Phi) is 6.03. The summed E-state index contributed by atoms with van der Waals surface area (Å²) in [6.07, 6.45) is 0. The van der Waals surface area contributed by atoms with Crippen LogP contribution in [0.4, 0.5) is 0 Å². The third-order valence-electron chi connectivity index (χ3n) is 3.37. The normalized spacial score (nSPS) is 10.2. The molecule has 0 aliphatic heterocycles. The lowest BCUT2D eigenvalue weighted by atomic mass is 10.1. The zero-order valence-electron chi connectivity index (χ0n) is 13.9. The van der Waals surface area contributed by atoms with Crippen LogP contribution in [0.25, 0.3) is 0 Å². The second kappa shape index (κ2) is 8.22. The van der Waals surface area contributed by atoms with E-state index in [1.54, 1.807) is 0 Å². The molecule has 2 rings (SSSR count). The number of carbonyl (C=O) groups is 1. The fourth-order valence-corrected chi connectivity index (χ4v) is 2.19. The van der Waals surface area contributed by atoms with Gasteiger partial charge in [0.2, 0.25) is 0 Å². The van der Waals surface area contributed by atoms with Crippen LogP contribution in [0.2, 0.25) is 0 Å². The minimum absolute atomic E-state index is 0.0863. The number of aryl methyl sites for hydroxylation is 1. The van der Waals surface area contributed by atoms with Crippen molar-refractivity contribution in [1.82, 2.24) is 5.32 Å². The van der Waals surface area contributed by atoms with E-state index < -0.39 is 0 Å². The first kappa shape index (κ1) is 16.9. The summed E-state index contributed by atoms with van der Waals surface area (Å²) in [6.45, 7) is 7.46. The lowest BCUT2D eigenvalue weighted by molar-refractivity contribution is 0.0951. The number of rotatable bonds is 7. The van der Waals surface area contributed by atoms with Crippen molar-refractivity contribution in [3.63, 3.8) is 0 Å². The van der Waals surface area contributed by atoms with Crippen LogP contribution in [-0.2, 0) is 6.54 Å². The molecule has 0 aliphatic carbocycles. The molecule has 0 unspecified atom stereocenters. The van der Waals surface area contributed by atoms with E-state index in [4.69, 9.17) is 9.47 Å². The zero-order chi connectivity index (χ0) is 16.7. The van der Waals surface area contributed by atoms with Crippen molar-refractivity contribution < 1.29 is 14.3 Å². The average Bonchev–Trinajstić information content (AvgIpc) is 2.56. The van der Waals surface area contributed by atoms with Gasteiger partial charge in [-0.1, -0.05) is 23.8 Å². The summed E-state index contributed by atoms with van der Waals surface area (Å²) in [5, 5.41) is 2.92. The van der Waals surface area contributed by atoms with Crippen molar-refractivity contribution in [2.24, 2.45) is 0 Å². The lowest BCUT2D eigenvalue weighted by Crippen LogP contribution is -2.22. The predicted octanol–water partition coefficient (Wildman–Crippen LogP) is 3.72. The van der Waals surface area contributed by atoms with E-state index in [-0.39, 0.29) is 5.91 Å². The number of hydrogen-bond acceptors (Lipinski definition) is 3. The Morgan fingerprint density at radius 1 is 0.957 bits per heavy atom. The van der Waals surface area contributed by atoms with Gasteiger partial charge in [-0.25, -0.2) is 0 Å². The van der Waals surface area contributed by atoms with Gasteiger partial charge in [-0.15, -0.1) is 0 Å². The molecule has 122 valence electrons. The molecule has 2 aromatic rings. The van der Waals surface area contributed by atoms with E-state index >= 15 is 0 Å². The minimum Gasteiger partial charge on any atom is -0.490 e. The van der Waals surface area contributed by atoms with Crippen molar-refractivity contribution in [2.45, 2.75) is 27.3 Å². The van der Waals surface area contributed by atoms with E-state index in [0.29, 0.717) is 31.1 Å². The SMILES string of the molecule is CCOc1ccc(CNC(=O)c2ccc(C)cc2)cc1OCC. The van der Waals surface area contributed by atoms with Gasteiger partial charge in [-0.3, -0.25) is 4.79 Å². The fourth-order valence-electron chi connectivity index (χ4n) is 2.19. The van der Waals surface area contributed by atoms with Crippen molar-refractivity contribution in [2.75, 3.05) is 13.2 Å². The third-order valence-corrected chi connectivity index (χ3v) is 3.37. The first-order chi connectivity index (χ1) is 11.1. The summed E-state index contributed by atoms with van der Waals surface area (Å²) in [5.74, 6) is 1.34. The van der Waals surface area contributed by atoms with Gasteiger partial charge < -0.3 is 14.8 Å². The van der Waals surface area contributed by atoms with Crippen LogP contribution in [0.3, 0.4) is 0 Å². The van der Waals surface area contributed by atoms with Crippen LogP contribution in [0.15, 0.2) is 42.5 Å². The molecule has 0 atom stereocenters. The summed E-state index contributed by atoms with van der Waals surface area (Å²) >= 11 is 0. The van der Waals surface area contributed by atoms with Crippen molar-refractivity contribution >= 4 is 5.91 Å². The van der Waals surface area contributed by atoms with Gasteiger partial charge in [0, 0.05) is 12.1 Å². The molecule has 0 bridgehead atoms. The number of carbonyl (C=O) groups excluding carboxylic acids is 1. The molecule has 23 heavy (non-hydrogen) atoms. The van der Waals surface area contributed by atoms with E-state index in [2.05, 4.69) is 5.32 Å². The molecule has 0 aromatic heterocycles. The quantitative estimate of drug-likeness (QED) is 0.847. The Morgan fingerprint density at radius 2 is 1.61 bits per heavy atom. The number of ether oxygens (including phenoxy) is 2. The molecule has 4 nitrogen and oxygen atoms in total. The highest BCUT2D eigenvalue weighted by atomic mass is 16.5. The Hall–Kier alpha value is -2.49. The molecule has 0 saturated heterocycles. The Labute approximate surface area is 137 Å². The van der Waals surface area contributed by atoms with Gasteiger partial charge >= 0.3 is 0 Å². The fraction of sp³-hybridized carbons (Fsp3) is 0.316. The number of nitrogens with one attached hydrogen (secondary N) is 1. The maximum absolute atomic E-state index is 12.1. The molecule has 0 radical (unpaired) electrons. The van der Waals surface area contributed by atoms with E-state index in [1.165, 1.54) is 0 Å². The van der Waals surface area contributed by atoms with Crippen LogP contribution in [-0.4, -0.2) is 19.1 Å². The van der Waals surface area contributed by atoms with Crippen molar-refractivity contribution in [1.29, 1.82) is 0 Å². The molecule has 1 amide bonds. The van der Waals surface area contributed by atoms with E-state index in [1.807, 2.05) is 63.2 Å². The molecule has 0 saturated carbocycles. The molecule has 4 heteroatoms. The van der Waals surface area contributed by atoms with Gasteiger partial charge in [0.05, 0.1) is 13.2 Å². The molecular weight excluding hydrogens is 290 g/mol. The van der Waals surface area contributed by atoms with Crippen molar-refractivity contribution in [3.8, 4) is 11.5 Å². The van der Waals surface area contributed by atoms with Crippen LogP contribution in [0.5, 0.6) is 11.5 Å². The lowest BCUT2D eigenvalue weighted by Gasteiger charge is -2.13. The number of hydrogen-bond donors (Lipinski definition) is 1. The van der Waals surface area contributed by atoms with Gasteiger partial charge in [0.25, 0.3) is 5.91 Å². The summed E-state index contributed by atoms with van der Waals surface area (Å²) in [6, 6.07) is 13.2. The average molecular weight is 313 g/mol. The number of benzene rings is 2. The van der Waals surface area contributed by atoms with Gasteiger partial charge in [0.15, 0.2) is 11.5 Å². The number of amides is 1. The molecule has 0 spiro atoms. The molecule has 0 heterocycles. The molecular formula is C19H23NO3. The first-order valence-electron chi connectivity index (χ1n) is 7.87. The predicted molar refractivity (Wildman–Crippen MR) is 91.1 cm³/mol. The third kappa shape index (κ3) is 4.74. The zero-order valence-corrected chi connectivity index (χ0v) is 13.9. The maximum Gasteiger partial charge on any atom is 0.251 e. The first-order valence-corrected chi connectivity index (χ1v) is 7.87. The van der Waals surface area contributed by atoms with E-state index in [0.717, 1.165) is 16.9 Å². The Morgan fingerprint density at radius 3 is 2.26 bits per heavy atom. The largest absolute Gasteiger partial charge is 0.490 e. The maximum atomic E-state index is 12.1. The van der Waals surface area contributed by atoms with Gasteiger partial charge in [0.1, 0.15) is 0 Å². The van der Waals surface area contributed by atoms with Crippen molar-refractivity contribution in [3.05, 3.63) is 59.2 Å². The summed E-state index contributed by atoms with van der Waals surface area (Å²) < 4.78 is 11.1. The second-order valence-electron chi connectivity index (χ2n) is 5.20. The standard InChI is InChI=1S/C19H23NO3/c1-4-22-17-11-8-15(12-18(17)23-5-2)13-20-19(21)16-9-6-14(3)7-10-16/h6-12H,4-5,13H2,1-3H3,(H,20,21). The van der Waals surface area contributed by atoms with Crippen LogP contribution >= 0.6 is 0 Å². The highest BCUT2D eigenvalue weighted by Gasteiger charge is 2.08. The Bertz CT molecular complexity index is 650. The molecule has 0 fully saturated rings. The highest BCUT2D eigenvalue weighted by molar-refractivity contribution is 5.94. The second-order valence-corrected chi connectivity index (χ2v) is 5.20. The van der Waals surface area contributed by atoms with Gasteiger partial charge in [-0.05, 0) is 50.6 Å². The van der Waals surface area contributed by atoms with Crippen LogP contribution in [0, 0.1) is 6.92 Å². The highest BCUT2D eigenvalue weighted by Crippen LogP contribution is 2.28. The van der Waals surface area contributed by atoms with Crippen LogP contribution < -0.4 is 14.8 Å². The Balaban J connectivity index is 2.03. The topological polar surface area (TPSA) is 47.6 Å². The summed E-state index contributed by atoms with van der Waals surface area (Å²) in [5.41, 5.74) is 2.76. The summed E-state index contributed by atoms with van der Waals surface area (Å²) in [7, 11) is 0. The molecule has 0 aliphatic rings. The monoisotopic (exact) mass is 313 g/mol. The smallest absolute Gasteiger partial charge is 0.251 e. The molecule has 2 aromatic carbocycles. The van der Waals surface area contributed by atoms with Crippen LogP contribution in [0.1, 0.15) is 35.3 Å². The molecule has 1 N–H and O–H groups in total.